The van der Waals surface area contributed by atoms with Crippen LogP contribution in [0.1, 0.15) is 34.6 Å². The third-order valence-corrected chi connectivity index (χ3v) is 4.11. The van der Waals surface area contributed by atoms with Crippen molar-refractivity contribution in [3.8, 4) is 0 Å². The lowest BCUT2D eigenvalue weighted by molar-refractivity contribution is 0.0435. The molecule has 0 unspecified atom stereocenters. The SMILES string of the molecule is CCc1nnc(COC(=O)c2cc(S(C)(=O)=O)ccc2C)o1. The van der Waals surface area contributed by atoms with E-state index < -0.39 is 15.8 Å². The largest absolute Gasteiger partial charge is 0.452 e. The van der Waals surface area contributed by atoms with E-state index in [4.69, 9.17) is 9.15 Å². The van der Waals surface area contributed by atoms with Crippen LogP contribution in [0.3, 0.4) is 0 Å². The van der Waals surface area contributed by atoms with Crippen LogP contribution < -0.4 is 0 Å². The maximum absolute atomic E-state index is 12.1. The van der Waals surface area contributed by atoms with Crippen molar-refractivity contribution in [2.24, 2.45) is 0 Å². The Bertz CT molecular complexity index is 795. The molecule has 0 N–H and O–H groups in total. The number of benzene rings is 1. The fourth-order valence-corrected chi connectivity index (χ4v) is 2.39. The summed E-state index contributed by atoms with van der Waals surface area (Å²) in [6.07, 6.45) is 1.67. The number of aromatic nitrogens is 2. The standard InChI is InChI=1S/C14H16N2O5S/c1-4-12-15-16-13(21-12)8-20-14(17)11-7-10(22(3,18)19)6-5-9(11)2/h5-7H,4,8H2,1-3H3. The summed E-state index contributed by atoms with van der Waals surface area (Å²) in [6, 6.07) is 4.32. The van der Waals surface area contributed by atoms with Gasteiger partial charge in [-0.25, -0.2) is 13.2 Å². The summed E-state index contributed by atoms with van der Waals surface area (Å²) in [5, 5.41) is 7.50. The van der Waals surface area contributed by atoms with Gasteiger partial charge in [-0.3, -0.25) is 0 Å². The number of hydrogen-bond acceptors (Lipinski definition) is 7. The molecule has 0 radical (unpaired) electrons. The number of esters is 1. The molecule has 0 amide bonds. The van der Waals surface area contributed by atoms with E-state index in [9.17, 15) is 13.2 Å². The molecule has 2 rings (SSSR count). The number of rotatable bonds is 5. The Kier molecular flexibility index (Phi) is 4.60. The predicted molar refractivity (Wildman–Crippen MR) is 77.1 cm³/mol. The lowest BCUT2D eigenvalue weighted by atomic mass is 10.1. The van der Waals surface area contributed by atoms with Crippen LogP contribution in [-0.2, 0) is 27.6 Å². The molecule has 0 aliphatic heterocycles. The van der Waals surface area contributed by atoms with E-state index in [1.165, 1.54) is 12.1 Å². The van der Waals surface area contributed by atoms with E-state index in [1.54, 1.807) is 13.0 Å². The van der Waals surface area contributed by atoms with Gasteiger partial charge in [-0.15, -0.1) is 10.2 Å². The van der Waals surface area contributed by atoms with Crippen molar-refractivity contribution in [2.45, 2.75) is 31.8 Å². The minimum Gasteiger partial charge on any atom is -0.452 e. The Labute approximate surface area is 128 Å². The molecule has 22 heavy (non-hydrogen) atoms. The van der Waals surface area contributed by atoms with Crippen molar-refractivity contribution in [3.05, 3.63) is 41.1 Å². The highest BCUT2D eigenvalue weighted by Gasteiger charge is 2.16. The summed E-state index contributed by atoms with van der Waals surface area (Å²) < 4.78 is 33.4. The first kappa shape index (κ1) is 16.2. The molecule has 0 saturated carbocycles. The first-order chi connectivity index (χ1) is 10.3. The second-order valence-electron chi connectivity index (χ2n) is 4.77. The first-order valence-electron chi connectivity index (χ1n) is 6.60. The van der Waals surface area contributed by atoms with Gasteiger partial charge in [0.15, 0.2) is 16.4 Å². The van der Waals surface area contributed by atoms with Crippen molar-refractivity contribution >= 4 is 15.8 Å². The van der Waals surface area contributed by atoms with Crippen molar-refractivity contribution in [3.63, 3.8) is 0 Å². The monoisotopic (exact) mass is 324 g/mol. The molecule has 0 bridgehead atoms. The molecule has 8 heteroatoms. The second kappa shape index (κ2) is 6.27. The normalized spacial score (nSPS) is 11.4. The zero-order valence-electron chi connectivity index (χ0n) is 12.5. The Hall–Kier alpha value is -2.22. The van der Waals surface area contributed by atoms with Gasteiger partial charge in [0.25, 0.3) is 5.89 Å². The number of nitrogens with zero attached hydrogens (tertiary/aromatic N) is 2. The molecule has 1 heterocycles. The second-order valence-corrected chi connectivity index (χ2v) is 6.78. The molecule has 2 aromatic rings. The fourth-order valence-electron chi connectivity index (χ4n) is 1.75. The zero-order chi connectivity index (χ0) is 16.3. The number of ether oxygens (including phenoxy) is 1. The van der Waals surface area contributed by atoms with Crippen LogP contribution in [0.2, 0.25) is 0 Å². The summed E-state index contributed by atoms with van der Waals surface area (Å²) in [7, 11) is -3.39. The van der Waals surface area contributed by atoms with Gasteiger partial charge in [-0.2, -0.15) is 0 Å². The van der Waals surface area contributed by atoms with E-state index in [0.29, 0.717) is 17.9 Å². The molecule has 0 atom stereocenters. The van der Waals surface area contributed by atoms with Crippen molar-refractivity contribution < 1.29 is 22.4 Å². The molecular formula is C14H16N2O5S. The van der Waals surface area contributed by atoms with Crippen LogP contribution in [0, 0.1) is 6.92 Å². The number of sulfone groups is 1. The number of aryl methyl sites for hydroxylation is 2. The molecular weight excluding hydrogens is 308 g/mol. The summed E-state index contributed by atoms with van der Waals surface area (Å²) in [4.78, 5) is 12.2. The minimum absolute atomic E-state index is 0.0658. The molecule has 7 nitrogen and oxygen atoms in total. The topological polar surface area (TPSA) is 99.4 Å². The highest BCUT2D eigenvalue weighted by Crippen LogP contribution is 2.17. The summed E-state index contributed by atoms with van der Waals surface area (Å²) >= 11 is 0. The highest BCUT2D eigenvalue weighted by atomic mass is 32.2. The third-order valence-electron chi connectivity index (χ3n) is 2.99. The minimum atomic E-state index is -3.39. The maximum Gasteiger partial charge on any atom is 0.338 e. The Balaban J connectivity index is 2.15. The maximum atomic E-state index is 12.1. The molecule has 1 aromatic carbocycles. The number of carbonyl (C=O) groups excluding carboxylic acids is 1. The van der Waals surface area contributed by atoms with Gasteiger partial charge in [0.1, 0.15) is 0 Å². The van der Waals surface area contributed by atoms with E-state index in [1.807, 2.05) is 6.92 Å². The lowest BCUT2D eigenvalue weighted by Crippen LogP contribution is -2.09. The lowest BCUT2D eigenvalue weighted by Gasteiger charge is -2.07. The first-order valence-corrected chi connectivity index (χ1v) is 8.49. The number of hydrogen-bond donors (Lipinski definition) is 0. The fraction of sp³-hybridized carbons (Fsp3) is 0.357. The van der Waals surface area contributed by atoms with Crippen LogP contribution >= 0.6 is 0 Å². The van der Waals surface area contributed by atoms with Crippen molar-refractivity contribution in [2.75, 3.05) is 6.26 Å². The average molecular weight is 324 g/mol. The van der Waals surface area contributed by atoms with Gasteiger partial charge in [0, 0.05) is 12.7 Å². The van der Waals surface area contributed by atoms with Gasteiger partial charge >= 0.3 is 5.97 Å². The Morgan fingerprint density at radius 1 is 1.27 bits per heavy atom. The van der Waals surface area contributed by atoms with E-state index in [2.05, 4.69) is 10.2 Å². The molecule has 0 saturated heterocycles. The van der Waals surface area contributed by atoms with Gasteiger partial charge in [-0.05, 0) is 24.6 Å². The number of carbonyl (C=O) groups is 1. The average Bonchev–Trinajstić information content (AvgIpc) is 2.92. The third kappa shape index (κ3) is 3.70. The summed E-state index contributed by atoms with van der Waals surface area (Å²) in [6.45, 7) is 3.41. The van der Waals surface area contributed by atoms with Crippen LogP contribution in [0.4, 0.5) is 0 Å². The zero-order valence-corrected chi connectivity index (χ0v) is 13.3. The van der Waals surface area contributed by atoms with Gasteiger partial charge in [0.2, 0.25) is 5.89 Å². The molecule has 0 fully saturated rings. The molecule has 0 aliphatic rings. The van der Waals surface area contributed by atoms with E-state index in [0.717, 1.165) is 6.26 Å². The van der Waals surface area contributed by atoms with Gasteiger partial charge in [0.05, 0.1) is 10.5 Å². The smallest absolute Gasteiger partial charge is 0.338 e. The van der Waals surface area contributed by atoms with Crippen LogP contribution in [0.25, 0.3) is 0 Å². The molecule has 0 spiro atoms. The molecule has 118 valence electrons. The highest BCUT2D eigenvalue weighted by molar-refractivity contribution is 7.90. The van der Waals surface area contributed by atoms with E-state index >= 15 is 0 Å². The Morgan fingerprint density at radius 2 is 1.95 bits per heavy atom. The predicted octanol–water partition coefficient (Wildman–Crippen LogP) is 1.70. The van der Waals surface area contributed by atoms with Crippen LogP contribution in [0.15, 0.2) is 27.5 Å². The van der Waals surface area contributed by atoms with Gasteiger partial charge < -0.3 is 9.15 Å². The van der Waals surface area contributed by atoms with Crippen LogP contribution in [0.5, 0.6) is 0 Å². The van der Waals surface area contributed by atoms with E-state index in [-0.39, 0.29) is 23.0 Å². The van der Waals surface area contributed by atoms with Crippen LogP contribution in [-0.4, -0.2) is 30.8 Å². The van der Waals surface area contributed by atoms with Crippen molar-refractivity contribution in [1.82, 2.24) is 10.2 Å². The summed E-state index contributed by atoms with van der Waals surface area (Å²) in [5.74, 6) is 0.0164. The van der Waals surface area contributed by atoms with Crippen molar-refractivity contribution in [1.29, 1.82) is 0 Å². The quantitative estimate of drug-likeness (QED) is 0.772. The molecule has 1 aromatic heterocycles. The van der Waals surface area contributed by atoms with Gasteiger partial charge in [-0.1, -0.05) is 13.0 Å². The molecule has 0 aliphatic carbocycles. The Morgan fingerprint density at radius 3 is 2.55 bits per heavy atom. The summed E-state index contributed by atoms with van der Waals surface area (Å²) in [5.41, 5.74) is 0.815.